The van der Waals surface area contributed by atoms with Crippen molar-refractivity contribution in [3.63, 3.8) is 0 Å². The number of likely N-dealkylation sites (N-methyl/N-ethyl adjacent to an activating group) is 2. The third-order valence-electron chi connectivity index (χ3n) is 3.21. The van der Waals surface area contributed by atoms with Crippen molar-refractivity contribution in [3.8, 4) is 0 Å². The minimum Gasteiger partial charge on any atom is -0.311 e. The van der Waals surface area contributed by atoms with Crippen LogP contribution in [0.25, 0.3) is 0 Å². The van der Waals surface area contributed by atoms with Crippen LogP contribution in [0.15, 0.2) is 0 Å². The molecule has 0 fully saturated rings. The predicted octanol–water partition coefficient (Wildman–Crippen LogP) is 2.74. The Labute approximate surface area is 96.4 Å². The Kier molecular flexibility index (Phi) is 5.28. The van der Waals surface area contributed by atoms with E-state index in [-0.39, 0.29) is 5.54 Å². The summed E-state index contributed by atoms with van der Waals surface area (Å²) in [7, 11) is 2.22. The van der Waals surface area contributed by atoms with Gasteiger partial charge in [-0.05, 0) is 39.8 Å². The molecular weight excluding hydrogens is 184 g/mol. The quantitative estimate of drug-likeness (QED) is 0.757. The van der Waals surface area contributed by atoms with Crippen LogP contribution in [0, 0.1) is 5.41 Å². The lowest BCUT2D eigenvalue weighted by molar-refractivity contribution is 0.112. The van der Waals surface area contributed by atoms with Crippen LogP contribution < -0.4 is 5.32 Å². The van der Waals surface area contributed by atoms with Crippen LogP contribution in [0.4, 0.5) is 0 Å². The summed E-state index contributed by atoms with van der Waals surface area (Å²) in [6.07, 6.45) is 0. The van der Waals surface area contributed by atoms with Crippen LogP contribution in [0.2, 0.25) is 0 Å². The first-order valence-electron chi connectivity index (χ1n) is 6.05. The molecule has 0 aromatic carbocycles. The third kappa shape index (κ3) is 5.53. The van der Waals surface area contributed by atoms with Gasteiger partial charge >= 0.3 is 0 Å². The van der Waals surface area contributed by atoms with E-state index in [1.807, 2.05) is 0 Å². The maximum atomic E-state index is 3.52. The van der Waals surface area contributed by atoms with Gasteiger partial charge in [-0.1, -0.05) is 27.7 Å². The van der Waals surface area contributed by atoms with Crippen LogP contribution in [0.5, 0.6) is 0 Å². The maximum Gasteiger partial charge on any atom is 0.0252 e. The summed E-state index contributed by atoms with van der Waals surface area (Å²) in [6.45, 7) is 18.0. The number of hydrogen-bond acceptors (Lipinski definition) is 2. The van der Waals surface area contributed by atoms with Gasteiger partial charge in [0.05, 0.1) is 0 Å². The van der Waals surface area contributed by atoms with Gasteiger partial charge in [-0.25, -0.2) is 0 Å². The fourth-order valence-electron chi connectivity index (χ4n) is 1.96. The molecule has 1 atom stereocenters. The first-order chi connectivity index (χ1) is 6.60. The van der Waals surface area contributed by atoms with E-state index in [0.29, 0.717) is 11.5 Å². The lowest BCUT2D eigenvalue weighted by atomic mass is 9.86. The van der Waals surface area contributed by atoms with E-state index in [2.05, 4.69) is 65.7 Å². The van der Waals surface area contributed by atoms with E-state index in [4.69, 9.17) is 0 Å². The smallest absolute Gasteiger partial charge is 0.0252 e. The van der Waals surface area contributed by atoms with E-state index in [9.17, 15) is 0 Å². The second-order valence-corrected chi connectivity index (χ2v) is 6.37. The normalized spacial score (nSPS) is 15.8. The van der Waals surface area contributed by atoms with E-state index in [1.165, 1.54) is 0 Å². The highest BCUT2D eigenvalue weighted by atomic mass is 15.2. The van der Waals surface area contributed by atoms with Gasteiger partial charge in [-0.2, -0.15) is 0 Å². The molecule has 0 rings (SSSR count). The van der Waals surface area contributed by atoms with Crippen molar-refractivity contribution in [2.45, 2.75) is 60.0 Å². The van der Waals surface area contributed by atoms with Crippen molar-refractivity contribution in [1.82, 2.24) is 10.2 Å². The van der Waals surface area contributed by atoms with Gasteiger partial charge < -0.3 is 10.2 Å². The van der Waals surface area contributed by atoms with Gasteiger partial charge in [-0.3, -0.25) is 0 Å². The largest absolute Gasteiger partial charge is 0.311 e. The van der Waals surface area contributed by atoms with Crippen molar-refractivity contribution in [3.05, 3.63) is 0 Å². The molecule has 0 spiro atoms. The molecule has 0 aliphatic carbocycles. The highest BCUT2D eigenvalue weighted by Gasteiger charge is 2.27. The molecule has 2 heteroatoms. The first-order valence-corrected chi connectivity index (χ1v) is 6.05. The van der Waals surface area contributed by atoms with Crippen molar-refractivity contribution < 1.29 is 0 Å². The zero-order chi connectivity index (χ0) is 12.3. The molecule has 1 unspecified atom stereocenters. The summed E-state index contributed by atoms with van der Waals surface area (Å²) in [6, 6.07) is 0.593. The van der Waals surface area contributed by atoms with Crippen molar-refractivity contribution in [2.24, 2.45) is 5.41 Å². The molecular formula is C13H30N2. The summed E-state index contributed by atoms with van der Waals surface area (Å²) in [5, 5.41) is 3.52. The summed E-state index contributed by atoms with van der Waals surface area (Å²) in [5.74, 6) is 0. The number of rotatable bonds is 5. The second kappa shape index (κ2) is 5.31. The highest BCUT2D eigenvalue weighted by Crippen LogP contribution is 2.23. The third-order valence-corrected chi connectivity index (χ3v) is 3.21. The molecule has 0 aromatic rings. The Morgan fingerprint density at radius 3 is 1.93 bits per heavy atom. The average molecular weight is 214 g/mol. The van der Waals surface area contributed by atoms with Crippen molar-refractivity contribution >= 4 is 0 Å². The van der Waals surface area contributed by atoms with E-state index in [0.717, 1.165) is 13.1 Å². The van der Waals surface area contributed by atoms with Gasteiger partial charge in [0, 0.05) is 18.1 Å². The SMILES string of the molecule is CCNC(C)(C)CN(C)C(C)C(C)(C)C. The topological polar surface area (TPSA) is 15.3 Å². The van der Waals surface area contributed by atoms with Crippen LogP contribution >= 0.6 is 0 Å². The van der Waals surface area contributed by atoms with Crippen LogP contribution in [-0.2, 0) is 0 Å². The lowest BCUT2D eigenvalue weighted by Crippen LogP contribution is -2.52. The van der Waals surface area contributed by atoms with Gasteiger partial charge in [0.2, 0.25) is 0 Å². The fraction of sp³-hybridized carbons (Fsp3) is 1.00. The molecule has 0 heterocycles. The molecule has 0 saturated heterocycles. The Morgan fingerprint density at radius 1 is 1.13 bits per heavy atom. The maximum absolute atomic E-state index is 3.52. The van der Waals surface area contributed by atoms with Crippen LogP contribution in [0.1, 0.15) is 48.5 Å². The zero-order valence-corrected chi connectivity index (χ0v) is 11.9. The molecule has 15 heavy (non-hydrogen) atoms. The Bertz CT molecular complexity index is 179. The molecule has 0 saturated carbocycles. The van der Waals surface area contributed by atoms with Gasteiger partial charge in [0.25, 0.3) is 0 Å². The molecule has 0 radical (unpaired) electrons. The molecule has 0 aliphatic rings. The molecule has 2 nitrogen and oxygen atoms in total. The fourth-order valence-corrected chi connectivity index (χ4v) is 1.96. The number of nitrogens with zero attached hydrogens (tertiary/aromatic N) is 1. The van der Waals surface area contributed by atoms with E-state index >= 15 is 0 Å². The summed E-state index contributed by atoms with van der Waals surface area (Å²) < 4.78 is 0. The van der Waals surface area contributed by atoms with Gasteiger partial charge in [0.15, 0.2) is 0 Å². The summed E-state index contributed by atoms with van der Waals surface area (Å²) in [4.78, 5) is 2.45. The Hall–Kier alpha value is -0.0800. The van der Waals surface area contributed by atoms with Gasteiger partial charge in [0.1, 0.15) is 0 Å². The monoisotopic (exact) mass is 214 g/mol. The van der Waals surface area contributed by atoms with E-state index in [1.54, 1.807) is 0 Å². The van der Waals surface area contributed by atoms with Crippen molar-refractivity contribution in [2.75, 3.05) is 20.1 Å². The number of nitrogens with one attached hydrogen (secondary N) is 1. The molecule has 1 N–H and O–H groups in total. The molecule has 0 aromatic heterocycles. The second-order valence-electron chi connectivity index (χ2n) is 6.37. The lowest BCUT2D eigenvalue weighted by Gasteiger charge is -2.40. The highest BCUT2D eigenvalue weighted by molar-refractivity contribution is 4.85. The van der Waals surface area contributed by atoms with Crippen LogP contribution in [0.3, 0.4) is 0 Å². The van der Waals surface area contributed by atoms with E-state index < -0.39 is 0 Å². The molecule has 92 valence electrons. The van der Waals surface area contributed by atoms with Gasteiger partial charge in [-0.15, -0.1) is 0 Å². The minimum atomic E-state index is 0.197. The summed E-state index contributed by atoms with van der Waals surface area (Å²) >= 11 is 0. The first kappa shape index (κ1) is 14.9. The Balaban J connectivity index is 4.30. The zero-order valence-electron chi connectivity index (χ0n) is 11.9. The standard InChI is InChI=1S/C13H30N2/c1-9-14-13(6,7)10-15(8)11(2)12(3,4)5/h11,14H,9-10H2,1-8H3. The Morgan fingerprint density at radius 2 is 1.60 bits per heavy atom. The minimum absolute atomic E-state index is 0.197. The molecule has 0 aliphatic heterocycles. The molecule has 0 amide bonds. The summed E-state index contributed by atoms with van der Waals surface area (Å²) in [5.41, 5.74) is 0.542. The average Bonchev–Trinajstić information content (AvgIpc) is 1.99. The predicted molar refractivity (Wildman–Crippen MR) is 69.3 cm³/mol. The van der Waals surface area contributed by atoms with Crippen LogP contribution in [-0.4, -0.2) is 36.6 Å². The van der Waals surface area contributed by atoms with Crippen molar-refractivity contribution in [1.29, 1.82) is 0 Å². The molecule has 0 bridgehead atoms. The number of hydrogen-bond donors (Lipinski definition) is 1.